The second-order valence-electron chi connectivity index (χ2n) is 3.41. The van der Waals surface area contributed by atoms with Crippen LogP contribution in [0.5, 0.6) is 5.75 Å². The quantitative estimate of drug-likeness (QED) is 0.923. The van der Waals surface area contributed by atoms with Crippen LogP contribution in [-0.2, 0) is 0 Å². The van der Waals surface area contributed by atoms with E-state index in [0.717, 1.165) is 5.75 Å². The molecular weight excluding hydrogens is 254 g/mol. The number of anilines is 1. The largest absolute Gasteiger partial charge is 0.497 e. The van der Waals surface area contributed by atoms with E-state index in [4.69, 9.17) is 16.3 Å². The van der Waals surface area contributed by atoms with Gasteiger partial charge in [0.1, 0.15) is 16.6 Å². The van der Waals surface area contributed by atoms with E-state index < -0.39 is 0 Å². The third kappa shape index (κ3) is 2.95. The van der Waals surface area contributed by atoms with Crippen LogP contribution in [0.2, 0.25) is 5.15 Å². The molecule has 2 aromatic rings. The summed E-state index contributed by atoms with van der Waals surface area (Å²) in [6.07, 6.45) is 2.72. The fourth-order valence-electron chi connectivity index (χ4n) is 1.32. The number of aromatic nitrogens is 2. The summed E-state index contributed by atoms with van der Waals surface area (Å²) in [5.74, 6) is 0.353. The van der Waals surface area contributed by atoms with Crippen LogP contribution in [0.15, 0.2) is 36.7 Å². The van der Waals surface area contributed by atoms with Gasteiger partial charge in [0, 0.05) is 5.69 Å². The predicted octanol–water partition coefficient (Wildman–Crippen LogP) is 2.39. The lowest BCUT2D eigenvalue weighted by Gasteiger charge is -2.05. The highest BCUT2D eigenvalue weighted by atomic mass is 35.5. The minimum Gasteiger partial charge on any atom is -0.497 e. The Kier molecular flexibility index (Phi) is 3.74. The summed E-state index contributed by atoms with van der Waals surface area (Å²) in [6.45, 7) is 0. The summed E-state index contributed by atoms with van der Waals surface area (Å²) in [5.41, 5.74) is 0.806. The third-order valence-corrected chi connectivity index (χ3v) is 2.37. The molecule has 18 heavy (non-hydrogen) atoms. The lowest BCUT2D eigenvalue weighted by Crippen LogP contribution is -2.13. The van der Waals surface area contributed by atoms with Crippen LogP contribution in [0.1, 0.15) is 10.5 Å². The Morgan fingerprint density at radius 2 is 2.00 bits per heavy atom. The van der Waals surface area contributed by atoms with Gasteiger partial charge in [0.25, 0.3) is 5.91 Å². The molecule has 0 aliphatic carbocycles. The first kappa shape index (κ1) is 12.3. The van der Waals surface area contributed by atoms with Gasteiger partial charge in [-0.3, -0.25) is 9.78 Å². The lowest BCUT2D eigenvalue weighted by molar-refractivity contribution is 0.102. The second kappa shape index (κ2) is 5.46. The first-order chi connectivity index (χ1) is 8.69. The van der Waals surface area contributed by atoms with E-state index in [1.165, 1.54) is 12.4 Å². The van der Waals surface area contributed by atoms with E-state index in [1.54, 1.807) is 31.4 Å². The Morgan fingerprint density at radius 3 is 2.61 bits per heavy atom. The highest BCUT2D eigenvalue weighted by molar-refractivity contribution is 6.29. The number of methoxy groups -OCH3 is 1. The van der Waals surface area contributed by atoms with Crippen LogP contribution in [-0.4, -0.2) is 23.0 Å². The smallest absolute Gasteiger partial charge is 0.275 e. The lowest BCUT2D eigenvalue weighted by atomic mass is 10.3. The standard InChI is InChI=1S/C12H10ClN3O2/c1-18-9-4-2-8(3-5-9)15-12(17)10-6-14-7-11(13)16-10/h2-7H,1H3,(H,15,17). The van der Waals surface area contributed by atoms with Crippen LogP contribution < -0.4 is 10.1 Å². The molecular formula is C12H10ClN3O2. The molecule has 6 heteroatoms. The zero-order chi connectivity index (χ0) is 13.0. The first-order valence-electron chi connectivity index (χ1n) is 5.12. The van der Waals surface area contributed by atoms with E-state index in [2.05, 4.69) is 15.3 Å². The predicted molar refractivity (Wildman–Crippen MR) is 68.0 cm³/mol. The summed E-state index contributed by atoms with van der Waals surface area (Å²) in [5, 5.41) is 2.86. The average Bonchev–Trinajstić information content (AvgIpc) is 2.39. The molecule has 0 bridgehead atoms. The van der Waals surface area contributed by atoms with Crippen molar-refractivity contribution in [2.24, 2.45) is 0 Å². The molecule has 1 amide bonds. The summed E-state index contributed by atoms with van der Waals surface area (Å²) in [7, 11) is 1.58. The molecule has 0 spiro atoms. The molecule has 0 atom stereocenters. The Hall–Kier alpha value is -2.14. The van der Waals surface area contributed by atoms with Crippen molar-refractivity contribution in [1.82, 2.24) is 9.97 Å². The van der Waals surface area contributed by atoms with Gasteiger partial charge >= 0.3 is 0 Å². The second-order valence-corrected chi connectivity index (χ2v) is 3.80. The molecule has 0 radical (unpaired) electrons. The number of carbonyl (C=O) groups excluding carboxylic acids is 1. The van der Waals surface area contributed by atoms with Crippen molar-refractivity contribution in [2.45, 2.75) is 0 Å². The molecule has 1 N–H and O–H groups in total. The molecule has 1 aromatic carbocycles. The number of nitrogens with one attached hydrogen (secondary N) is 1. The van der Waals surface area contributed by atoms with Gasteiger partial charge in [0.15, 0.2) is 0 Å². The number of carbonyl (C=O) groups is 1. The van der Waals surface area contributed by atoms with Crippen molar-refractivity contribution in [3.8, 4) is 5.75 Å². The van der Waals surface area contributed by atoms with Gasteiger partial charge < -0.3 is 10.1 Å². The summed E-state index contributed by atoms with van der Waals surface area (Å²) < 4.78 is 5.02. The summed E-state index contributed by atoms with van der Waals surface area (Å²) in [6, 6.07) is 6.96. The van der Waals surface area contributed by atoms with Crippen LogP contribution >= 0.6 is 11.6 Å². The van der Waals surface area contributed by atoms with Crippen molar-refractivity contribution in [1.29, 1.82) is 0 Å². The molecule has 0 saturated heterocycles. The van der Waals surface area contributed by atoms with Crippen molar-refractivity contribution < 1.29 is 9.53 Å². The molecule has 0 saturated carbocycles. The number of ether oxygens (including phenoxy) is 1. The topological polar surface area (TPSA) is 64.1 Å². The monoisotopic (exact) mass is 263 g/mol. The van der Waals surface area contributed by atoms with Crippen LogP contribution in [0.3, 0.4) is 0 Å². The van der Waals surface area contributed by atoms with E-state index in [0.29, 0.717) is 5.69 Å². The van der Waals surface area contributed by atoms with Crippen LogP contribution in [0.4, 0.5) is 5.69 Å². The molecule has 92 valence electrons. The minimum atomic E-state index is -0.366. The van der Waals surface area contributed by atoms with Gasteiger partial charge in [0.05, 0.1) is 19.5 Å². The fraction of sp³-hybridized carbons (Fsp3) is 0.0833. The summed E-state index contributed by atoms with van der Waals surface area (Å²) >= 11 is 5.66. The van der Waals surface area contributed by atoms with Gasteiger partial charge in [-0.25, -0.2) is 4.98 Å². The fourth-order valence-corrected chi connectivity index (χ4v) is 1.47. The maximum absolute atomic E-state index is 11.8. The van der Waals surface area contributed by atoms with Crippen LogP contribution in [0, 0.1) is 0 Å². The minimum absolute atomic E-state index is 0.165. The van der Waals surface area contributed by atoms with Crippen molar-refractivity contribution in [3.05, 3.63) is 47.5 Å². The van der Waals surface area contributed by atoms with E-state index in [9.17, 15) is 4.79 Å². The van der Waals surface area contributed by atoms with Gasteiger partial charge in [-0.2, -0.15) is 0 Å². The molecule has 5 nitrogen and oxygen atoms in total. The SMILES string of the molecule is COc1ccc(NC(=O)c2cncc(Cl)n2)cc1. The zero-order valence-corrected chi connectivity index (χ0v) is 10.3. The Morgan fingerprint density at radius 1 is 1.28 bits per heavy atom. The average molecular weight is 264 g/mol. The molecule has 2 rings (SSSR count). The number of hydrogen-bond acceptors (Lipinski definition) is 4. The molecule has 0 aliphatic rings. The van der Waals surface area contributed by atoms with Crippen LogP contribution in [0.25, 0.3) is 0 Å². The van der Waals surface area contributed by atoms with Crippen molar-refractivity contribution in [2.75, 3.05) is 12.4 Å². The number of halogens is 1. The first-order valence-corrected chi connectivity index (χ1v) is 5.50. The molecule has 1 aromatic heterocycles. The van der Waals surface area contributed by atoms with Crippen molar-refractivity contribution in [3.63, 3.8) is 0 Å². The Labute approximate surface area is 109 Å². The number of amides is 1. The zero-order valence-electron chi connectivity index (χ0n) is 9.55. The Balaban J connectivity index is 2.11. The van der Waals surface area contributed by atoms with E-state index >= 15 is 0 Å². The molecule has 1 heterocycles. The molecule has 0 aliphatic heterocycles. The van der Waals surface area contributed by atoms with Gasteiger partial charge in [0.2, 0.25) is 0 Å². The normalized spacial score (nSPS) is 9.89. The highest BCUT2D eigenvalue weighted by Gasteiger charge is 2.08. The molecule has 0 unspecified atom stereocenters. The highest BCUT2D eigenvalue weighted by Crippen LogP contribution is 2.15. The number of rotatable bonds is 3. The van der Waals surface area contributed by atoms with Crippen molar-refractivity contribution >= 4 is 23.2 Å². The third-order valence-electron chi connectivity index (χ3n) is 2.19. The number of nitrogens with zero attached hydrogens (tertiary/aromatic N) is 2. The number of hydrogen-bond donors (Lipinski definition) is 1. The number of benzene rings is 1. The van der Waals surface area contributed by atoms with Gasteiger partial charge in [-0.15, -0.1) is 0 Å². The maximum Gasteiger partial charge on any atom is 0.275 e. The summed E-state index contributed by atoms with van der Waals surface area (Å²) in [4.78, 5) is 19.5. The Bertz CT molecular complexity index is 558. The van der Waals surface area contributed by atoms with E-state index in [-0.39, 0.29) is 16.8 Å². The van der Waals surface area contributed by atoms with E-state index in [1.807, 2.05) is 0 Å². The molecule has 0 fully saturated rings. The maximum atomic E-state index is 11.8. The van der Waals surface area contributed by atoms with Gasteiger partial charge in [-0.05, 0) is 24.3 Å². The van der Waals surface area contributed by atoms with Gasteiger partial charge in [-0.1, -0.05) is 11.6 Å².